The van der Waals surface area contributed by atoms with Gasteiger partial charge in [0.15, 0.2) is 6.61 Å². The molecule has 0 spiro atoms. The van der Waals surface area contributed by atoms with E-state index in [1.54, 1.807) is 42.5 Å². The maximum Gasteiger partial charge on any atom is 0.422 e. The molecule has 0 aromatic heterocycles. The van der Waals surface area contributed by atoms with Crippen LogP contribution >= 0.6 is 0 Å². The minimum Gasteiger partial charge on any atom is -0.484 e. The number of carbonyl (C=O) groups is 2. The number of amides is 2. The molecule has 2 amide bonds. The van der Waals surface area contributed by atoms with Gasteiger partial charge in [-0.1, -0.05) is 24.3 Å². The van der Waals surface area contributed by atoms with Gasteiger partial charge in [0.1, 0.15) is 5.75 Å². The van der Waals surface area contributed by atoms with Crippen LogP contribution in [0.2, 0.25) is 0 Å². The van der Waals surface area contributed by atoms with Crippen molar-refractivity contribution in [3.63, 3.8) is 0 Å². The third-order valence-corrected chi connectivity index (χ3v) is 4.28. The molecule has 0 heterocycles. The molecule has 1 saturated carbocycles. The number of ether oxygens (including phenoxy) is 1. The highest BCUT2D eigenvalue weighted by atomic mass is 19.4. The lowest BCUT2D eigenvalue weighted by molar-refractivity contribution is -0.153. The van der Waals surface area contributed by atoms with Crippen molar-refractivity contribution >= 4 is 17.9 Å². The fourth-order valence-corrected chi connectivity index (χ4v) is 2.57. The van der Waals surface area contributed by atoms with E-state index in [1.807, 2.05) is 0 Å². The monoisotopic (exact) mass is 418 g/mol. The van der Waals surface area contributed by atoms with Crippen LogP contribution in [0.15, 0.2) is 54.6 Å². The van der Waals surface area contributed by atoms with Crippen molar-refractivity contribution in [2.45, 2.75) is 31.6 Å². The predicted octanol–water partition coefficient (Wildman–Crippen LogP) is 3.85. The third-order valence-electron chi connectivity index (χ3n) is 4.28. The lowest BCUT2D eigenvalue weighted by Gasteiger charge is -2.10. The number of hydrogen-bond donors (Lipinski definition) is 2. The zero-order valence-corrected chi connectivity index (χ0v) is 16.0. The molecule has 0 atom stereocenters. The van der Waals surface area contributed by atoms with Gasteiger partial charge in [0.05, 0.1) is 0 Å². The first-order chi connectivity index (χ1) is 14.3. The molecule has 2 N–H and O–H groups in total. The average molecular weight is 418 g/mol. The molecule has 0 bridgehead atoms. The summed E-state index contributed by atoms with van der Waals surface area (Å²) < 4.78 is 41.4. The Morgan fingerprint density at radius 1 is 1.10 bits per heavy atom. The van der Waals surface area contributed by atoms with Crippen molar-refractivity contribution in [2.24, 2.45) is 0 Å². The van der Waals surface area contributed by atoms with Crippen LogP contribution in [0.1, 0.15) is 34.3 Å². The Morgan fingerprint density at radius 2 is 1.83 bits per heavy atom. The van der Waals surface area contributed by atoms with Crippen LogP contribution in [0.3, 0.4) is 0 Å². The molecule has 158 valence electrons. The molecule has 0 aliphatic heterocycles. The number of alkyl halides is 3. The van der Waals surface area contributed by atoms with E-state index in [0.29, 0.717) is 11.1 Å². The smallest absolute Gasteiger partial charge is 0.422 e. The predicted molar refractivity (Wildman–Crippen MR) is 106 cm³/mol. The number of rotatable bonds is 8. The molecule has 0 unspecified atom stereocenters. The molecular formula is C22H21F3N2O3. The van der Waals surface area contributed by atoms with Gasteiger partial charge in [0.2, 0.25) is 5.91 Å². The number of benzene rings is 2. The topological polar surface area (TPSA) is 67.4 Å². The Morgan fingerprint density at radius 3 is 2.50 bits per heavy atom. The molecule has 2 aromatic rings. The summed E-state index contributed by atoms with van der Waals surface area (Å²) in [6, 6.07) is 13.3. The maximum absolute atomic E-state index is 12.2. The zero-order valence-electron chi connectivity index (χ0n) is 16.0. The van der Waals surface area contributed by atoms with E-state index in [1.165, 1.54) is 18.2 Å². The Bertz CT molecular complexity index is 920. The lowest BCUT2D eigenvalue weighted by atomic mass is 10.1. The van der Waals surface area contributed by atoms with Crippen molar-refractivity contribution in [1.82, 2.24) is 10.6 Å². The van der Waals surface area contributed by atoms with Gasteiger partial charge in [-0.15, -0.1) is 0 Å². The Hall–Kier alpha value is -3.29. The first-order valence-electron chi connectivity index (χ1n) is 9.44. The Kier molecular flexibility index (Phi) is 6.76. The summed E-state index contributed by atoms with van der Waals surface area (Å²) in [5.74, 6) is -0.375. The SMILES string of the molecule is O=C(C=Cc1ccc(C(=O)NC2CC2)cc1)NCc1cccc(OCC(F)(F)F)c1. The quantitative estimate of drug-likeness (QED) is 0.640. The summed E-state index contributed by atoms with van der Waals surface area (Å²) in [4.78, 5) is 23.9. The average Bonchev–Trinajstić information content (AvgIpc) is 3.53. The lowest BCUT2D eigenvalue weighted by Crippen LogP contribution is -2.25. The molecule has 3 rings (SSSR count). The molecule has 1 aliphatic rings. The van der Waals surface area contributed by atoms with Crippen LogP contribution in [0, 0.1) is 0 Å². The van der Waals surface area contributed by atoms with Gasteiger partial charge < -0.3 is 15.4 Å². The van der Waals surface area contributed by atoms with Crippen LogP contribution in [-0.2, 0) is 11.3 Å². The van der Waals surface area contributed by atoms with E-state index in [-0.39, 0.29) is 30.2 Å². The maximum atomic E-state index is 12.2. The molecule has 1 aliphatic carbocycles. The van der Waals surface area contributed by atoms with Crippen LogP contribution < -0.4 is 15.4 Å². The summed E-state index contributed by atoms with van der Waals surface area (Å²) in [6.45, 7) is -1.22. The zero-order chi connectivity index (χ0) is 21.6. The second-order valence-electron chi connectivity index (χ2n) is 6.97. The highest BCUT2D eigenvalue weighted by Gasteiger charge is 2.28. The van der Waals surface area contributed by atoms with Crippen LogP contribution in [-0.4, -0.2) is 30.6 Å². The van der Waals surface area contributed by atoms with E-state index in [2.05, 4.69) is 10.6 Å². The van der Waals surface area contributed by atoms with Crippen LogP contribution in [0.5, 0.6) is 5.75 Å². The van der Waals surface area contributed by atoms with Gasteiger partial charge in [-0.3, -0.25) is 9.59 Å². The summed E-state index contributed by atoms with van der Waals surface area (Å²) in [6.07, 6.45) is 0.595. The van der Waals surface area contributed by atoms with Crippen LogP contribution in [0.4, 0.5) is 13.2 Å². The minimum atomic E-state index is -4.41. The first kappa shape index (κ1) is 21.4. The van der Waals surface area contributed by atoms with E-state index in [4.69, 9.17) is 4.74 Å². The summed E-state index contributed by atoms with van der Waals surface area (Å²) in [7, 11) is 0. The number of nitrogens with one attached hydrogen (secondary N) is 2. The van der Waals surface area contributed by atoms with Crippen molar-refractivity contribution in [2.75, 3.05) is 6.61 Å². The molecular weight excluding hydrogens is 397 g/mol. The van der Waals surface area contributed by atoms with E-state index in [9.17, 15) is 22.8 Å². The van der Waals surface area contributed by atoms with Gasteiger partial charge in [-0.2, -0.15) is 13.2 Å². The second-order valence-corrected chi connectivity index (χ2v) is 6.97. The molecule has 5 nitrogen and oxygen atoms in total. The molecule has 1 fully saturated rings. The summed E-state index contributed by atoms with van der Waals surface area (Å²) in [5, 5.41) is 5.56. The number of halogens is 3. The normalized spacial score (nSPS) is 13.8. The van der Waals surface area contributed by atoms with Gasteiger partial charge >= 0.3 is 6.18 Å². The van der Waals surface area contributed by atoms with Crippen molar-refractivity contribution < 1.29 is 27.5 Å². The highest BCUT2D eigenvalue weighted by Crippen LogP contribution is 2.20. The minimum absolute atomic E-state index is 0.0837. The van der Waals surface area contributed by atoms with Crippen molar-refractivity contribution in [3.8, 4) is 5.75 Å². The molecule has 2 aromatic carbocycles. The van der Waals surface area contributed by atoms with Gasteiger partial charge in [-0.25, -0.2) is 0 Å². The van der Waals surface area contributed by atoms with Gasteiger partial charge in [0.25, 0.3) is 5.91 Å². The van der Waals surface area contributed by atoms with Gasteiger partial charge in [-0.05, 0) is 54.3 Å². The standard InChI is InChI=1S/C22H21F3N2O3/c23-22(24,25)14-30-19-3-1-2-16(12-19)13-26-20(28)11-6-15-4-7-17(8-5-15)21(29)27-18-9-10-18/h1-8,11-12,18H,9-10,13-14H2,(H,26,28)(H,27,29). The van der Waals surface area contributed by atoms with E-state index < -0.39 is 12.8 Å². The van der Waals surface area contributed by atoms with Crippen molar-refractivity contribution in [1.29, 1.82) is 0 Å². The Balaban J connectivity index is 1.47. The molecule has 8 heteroatoms. The number of hydrogen-bond acceptors (Lipinski definition) is 3. The Labute approximate surface area is 171 Å². The molecule has 0 saturated heterocycles. The van der Waals surface area contributed by atoms with Crippen molar-refractivity contribution in [3.05, 3.63) is 71.3 Å². The highest BCUT2D eigenvalue weighted by molar-refractivity contribution is 5.95. The molecule has 0 radical (unpaired) electrons. The third kappa shape index (κ3) is 7.27. The second kappa shape index (κ2) is 9.47. The summed E-state index contributed by atoms with van der Waals surface area (Å²) >= 11 is 0. The summed E-state index contributed by atoms with van der Waals surface area (Å²) in [5.41, 5.74) is 1.94. The van der Waals surface area contributed by atoms with E-state index >= 15 is 0 Å². The van der Waals surface area contributed by atoms with E-state index in [0.717, 1.165) is 18.4 Å². The largest absolute Gasteiger partial charge is 0.484 e. The fraction of sp³-hybridized carbons (Fsp3) is 0.273. The first-order valence-corrected chi connectivity index (χ1v) is 9.44. The fourth-order valence-electron chi connectivity index (χ4n) is 2.57. The molecule has 30 heavy (non-hydrogen) atoms. The van der Waals surface area contributed by atoms with Crippen LogP contribution in [0.25, 0.3) is 6.08 Å². The van der Waals surface area contributed by atoms with Gasteiger partial charge in [0, 0.05) is 24.2 Å². The number of carbonyl (C=O) groups excluding carboxylic acids is 2.